The highest BCUT2D eigenvalue weighted by Crippen LogP contribution is 2.22. The van der Waals surface area contributed by atoms with Crippen molar-refractivity contribution in [3.05, 3.63) is 24.5 Å². The van der Waals surface area contributed by atoms with Crippen molar-refractivity contribution in [2.24, 2.45) is 5.92 Å². The second-order valence-corrected chi connectivity index (χ2v) is 5.72. The molecule has 0 spiro atoms. The van der Waals surface area contributed by atoms with E-state index in [2.05, 4.69) is 55.9 Å². The van der Waals surface area contributed by atoms with Crippen LogP contribution in [-0.4, -0.2) is 4.57 Å². The summed E-state index contributed by atoms with van der Waals surface area (Å²) in [7, 11) is 0. The Morgan fingerprint density at radius 3 is 2.11 bits per heavy atom. The molecule has 0 N–H and O–H groups in total. The van der Waals surface area contributed by atoms with Crippen LogP contribution >= 0.6 is 0 Å². The smallest absolute Gasteiger partial charge is 0.0655 e. The maximum atomic E-state index is 8.44. The molecular weight excluding hydrogens is 220 g/mol. The van der Waals surface area contributed by atoms with Crippen molar-refractivity contribution >= 4 is 0 Å². The van der Waals surface area contributed by atoms with Gasteiger partial charge in [0.25, 0.3) is 0 Å². The first-order valence-electron chi connectivity index (χ1n) is 7.13. The van der Waals surface area contributed by atoms with Gasteiger partial charge in [-0.1, -0.05) is 26.2 Å². The summed E-state index contributed by atoms with van der Waals surface area (Å²) in [6, 6.07) is 6.44. The van der Waals surface area contributed by atoms with E-state index in [4.69, 9.17) is 5.26 Å². The molecule has 0 saturated heterocycles. The van der Waals surface area contributed by atoms with Gasteiger partial charge < -0.3 is 4.57 Å². The molecule has 2 nitrogen and oxygen atoms in total. The van der Waals surface area contributed by atoms with Crippen LogP contribution in [0.2, 0.25) is 0 Å². The third kappa shape index (κ3) is 4.56. The monoisotopic (exact) mass is 246 g/mol. The van der Waals surface area contributed by atoms with Crippen LogP contribution in [-0.2, 0) is 5.54 Å². The molecule has 100 valence electrons. The van der Waals surface area contributed by atoms with E-state index in [0.29, 0.717) is 5.92 Å². The summed E-state index contributed by atoms with van der Waals surface area (Å²) in [5, 5.41) is 8.44. The minimum absolute atomic E-state index is 0.281. The van der Waals surface area contributed by atoms with Gasteiger partial charge >= 0.3 is 0 Å². The molecule has 1 aromatic heterocycles. The van der Waals surface area contributed by atoms with E-state index in [9.17, 15) is 0 Å². The summed E-state index contributed by atoms with van der Waals surface area (Å²) in [6.45, 7) is 6.69. The van der Waals surface area contributed by atoms with Gasteiger partial charge in [0.15, 0.2) is 0 Å². The molecule has 1 aliphatic carbocycles. The van der Waals surface area contributed by atoms with E-state index >= 15 is 0 Å². The molecular formula is C16H26N2. The molecule has 1 fully saturated rings. The Kier molecular flexibility index (Phi) is 5.98. The van der Waals surface area contributed by atoms with Crippen LogP contribution in [0, 0.1) is 17.2 Å². The Bertz CT molecular complexity index is 351. The Morgan fingerprint density at radius 1 is 1.17 bits per heavy atom. The predicted octanol–water partition coefficient (Wildman–Crippen LogP) is 4.72. The van der Waals surface area contributed by atoms with E-state index < -0.39 is 0 Å². The van der Waals surface area contributed by atoms with Gasteiger partial charge in [-0.2, -0.15) is 5.26 Å². The molecule has 1 aromatic rings. The van der Waals surface area contributed by atoms with Gasteiger partial charge in [0.05, 0.1) is 6.07 Å². The van der Waals surface area contributed by atoms with E-state index in [1.807, 2.05) is 0 Å². The number of nitrogens with zero attached hydrogens (tertiary/aromatic N) is 2. The number of nitriles is 1. The third-order valence-electron chi connectivity index (χ3n) is 3.96. The second-order valence-electron chi connectivity index (χ2n) is 5.72. The molecule has 0 unspecified atom stereocenters. The minimum atomic E-state index is 0.281. The maximum absolute atomic E-state index is 8.44. The highest BCUT2D eigenvalue weighted by Gasteiger charge is 2.14. The van der Waals surface area contributed by atoms with Gasteiger partial charge in [0.1, 0.15) is 0 Å². The lowest BCUT2D eigenvalue weighted by atomic mass is 9.91. The van der Waals surface area contributed by atoms with Gasteiger partial charge in [0, 0.05) is 23.9 Å². The summed E-state index contributed by atoms with van der Waals surface area (Å²) in [5.41, 5.74) is 0.281. The quantitative estimate of drug-likeness (QED) is 0.742. The fourth-order valence-electron chi connectivity index (χ4n) is 2.15. The number of hydrogen-bond donors (Lipinski definition) is 0. The van der Waals surface area contributed by atoms with Crippen LogP contribution in [0.5, 0.6) is 0 Å². The van der Waals surface area contributed by atoms with Gasteiger partial charge in [-0.05, 0) is 45.2 Å². The average Bonchev–Trinajstić information content (AvgIpc) is 2.95. The van der Waals surface area contributed by atoms with Crippen LogP contribution in [0.25, 0.3) is 0 Å². The van der Waals surface area contributed by atoms with Crippen molar-refractivity contribution in [3.63, 3.8) is 0 Å². The first kappa shape index (κ1) is 14.8. The van der Waals surface area contributed by atoms with Crippen molar-refractivity contribution in [2.45, 2.75) is 64.8 Å². The van der Waals surface area contributed by atoms with E-state index in [0.717, 1.165) is 12.8 Å². The van der Waals surface area contributed by atoms with Crippen LogP contribution in [0.3, 0.4) is 0 Å². The minimum Gasteiger partial charge on any atom is -0.349 e. The second kappa shape index (κ2) is 7.26. The fraction of sp³-hybridized carbons (Fsp3) is 0.688. The molecule has 0 amide bonds. The standard InChI is InChI=1S/C9H15N.C7H11N/c1-4-9(2,3)10-7-5-6-8-10;8-6-7-4-2-1-3-5-7/h5-8H,4H2,1-3H3;7H,1-5H2. The number of aromatic nitrogens is 1. The van der Waals surface area contributed by atoms with Crippen molar-refractivity contribution in [1.29, 1.82) is 5.26 Å². The number of rotatable bonds is 2. The van der Waals surface area contributed by atoms with Crippen molar-refractivity contribution < 1.29 is 0 Å². The van der Waals surface area contributed by atoms with Crippen LogP contribution in [0.4, 0.5) is 0 Å². The summed E-state index contributed by atoms with van der Waals surface area (Å²) in [6.07, 6.45) is 11.6. The molecule has 0 bridgehead atoms. The average molecular weight is 246 g/mol. The zero-order valence-corrected chi connectivity index (χ0v) is 12.0. The molecule has 1 saturated carbocycles. The normalized spacial score (nSPS) is 16.6. The Hall–Kier alpha value is -1.23. The summed E-state index contributed by atoms with van der Waals surface area (Å²) >= 11 is 0. The van der Waals surface area contributed by atoms with Crippen molar-refractivity contribution in [1.82, 2.24) is 4.57 Å². The van der Waals surface area contributed by atoms with Crippen molar-refractivity contribution in [3.8, 4) is 6.07 Å². The topological polar surface area (TPSA) is 28.7 Å². The molecule has 2 rings (SSSR count). The lowest BCUT2D eigenvalue weighted by Crippen LogP contribution is -2.23. The molecule has 1 heterocycles. The highest BCUT2D eigenvalue weighted by molar-refractivity contribution is 4.95. The molecule has 0 atom stereocenters. The first-order chi connectivity index (χ1) is 8.60. The largest absolute Gasteiger partial charge is 0.349 e. The Labute approximate surface area is 112 Å². The van der Waals surface area contributed by atoms with Crippen LogP contribution < -0.4 is 0 Å². The summed E-state index contributed by atoms with van der Waals surface area (Å²) in [5.74, 6) is 0.392. The highest BCUT2D eigenvalue weighted by atomic mass is 15.0. The zero-order chi connectivity index (χ0) is 13.4. The van der Waals surface area contributed by atoms with Gasteiger partial charge in [-0.25, -0.2) is 0 Å². The summed E-state index contributed by atoms with van der Waals surface area (Å²) in [4.78, 5) is 0. The van der Waals surface area contributed by atoms with Gasteiger partial charge in [-0.3, -0.25) is 0 Å². The molecule has 2 heteroatoms. The maximum Gasteiger partial charge on any atom is 0.0655 e. The van der Waals surface area contributed by atoms with Crippen LogP contribution in [0.15, 0.2) is 24.5 Å². The number of hydrogen-bond acceptors (Lipinski definition) is 1. The van der Waals surface area contributed by atoms with Crippen LogP contribution in [0.1, 0.15) is 59.3 Å². The Balaban J connectivity index is 0.000000184. The van der Waals surface area contributed by atoms with Gasteiger partial charge in [0.2, 0.25) is 0 Å². The zero-order valence-electron chi connectivity index (χ0n) is 12.0. The van der Waals surface area contributed by atoms with Gasteiger partial charge in [-0.15, -0.1) is 0 Å². The molecule has 18 heavy (non-hydrogen) atoms. The van der Waals surface area contributed by atoms with E-state index in [-0.39, 0.29) is 5.54 Å². The first-order valence-corrected chi connectivity index (χ1v) is 7.13. The molecule has 0 radical (unpaired) electrons. The molecule has 0 aliphatic heterocycles. The third-order valence-corrected chi connectivity index (χ3v) is 3.96. The van der Waals surface area contributed by atoms with E-state index in [1.165, 1.54) is 25.7 Å². The molecule has 1 aliphatic rings. The lowest BCUT2D eigenvalue weighted by molar-refractivity contribution is 0.343. The van der Waals surface area contributed by atoms with E-state index in [1.54, 1.807) is 0 Å². The lowest BCUT2D eigenvalue weighted by Gasteiger charge is -2.24. The van der Waals surface area contributed by atoms with Crippen molar-refractivity contribution in [2.75, 3.05) is 0 Å². The summed E-state index contributed by atoms with van der Waals surface area (Å²) < 4.78 is 2.24. The predicted molar refractivity (Wildman–Crippen MR) is 76.2 cm³/mol. The Morgan fingerprint density at radius 2 is 1.72 bits per heavy atom. The fourth-order valence-corrected chi connectivity index (χ4v) is 2.15. The molecule has 0 aromatic carbocycles. The SMILES string of the molecule is CCC(C)(C)n1cccc1.N#CC1CCCCC1.